The van der Waals surface area contributed by atoms with Gasteiger partial charge in [-0.3, -0.25) is 9.78 Å². The normalized spacial score (nSPS) is 16.8. The van der Waals surface area contributed by atoms with E-state index in [1.807, 2.05) is 24.3 Å². The summed E-state index contributed by atoms with van der Waals surface area (Å²) in [7, 11) is 0. The molecule has 0 fully saturated rings. The van der Waals surface area contributed by atoms with Gasteiger partial charge in [-0.05, 0) is 54.5 Å². The molecular weight excluding hydrogens is 314 g/mol. The fourth-order valence-electron chi connectivity index (χ4n) is 3.74. The van der Waals surface area contributed by atoms with E-state index in [4.69, 9.17) is 0 Å². The van der Waals surface area contributed by atoms with Crippen LogP contribution in [0.25, 0.3) is 10.9 Å². The third kappa shape index (κ3) is 2.84. The average Bonchev–Trinajstić information content (AvgIpc) is 2.62. The van der Waals surface area contributed by atoms with Crippen LogP contribution in [0, 0.1) is 0 Å². The number of rotatable bonds is 3. The Balaban J connectivity index is 1.64. The monoisotopic (exact) mass is 333 g/mol. The number of aromatic nitrogens is 1. The summed E-state index contributed by atoms with van der Waals surface area (Å²) in [5.41, 5.74) is 4.34. The standard InChI is InChI=1S/C21H19NOS/c23-19(12-15-7-3-6-14-5-1-2-9-18(14)15)17-11-16-8-4-10-22-21(16)20(24)13-17/h1-2,4-5,8-11,13,15,24H,3,6-7,12H2. The molecule has 120 valence electrons. The zero-order valence-electron chi connectivity index (χ0n) is 13.4. The summed E-state index contributed by atoms with van der Waals surface area (Å²) < 4.78 is 0. The van der Waals surface area contributed by atoms with Gasteiger partial charge in [-0.1, -0.05) is 30.3 Å². The van der Waals surface area contributed by atoms with Gasteiger partial charge in [0.2, 0.25) is 0 Å². The van der Waals surface area contributed by atoms with E-state index in [1.165, 1.54) is 11.1 Å². The molecule has 24 heavy (non-hydrogen) atoms. The molecule has 1 aliphatic carbocycles. The summed E-state index contributed by atoms with van der Waals surface area (Å²) in [5, 5.41) is 0.970. The number of aryl methyl sites for hydroxylation is 1. The maximum absolute atomic E-state index is 12.9. The Hall–Kier alpha value is -2.13. The molecule has 4 rings (SSSR count). The number of ketones is 1. The molecule has 0 amide bonds. The second kappa shape index (κ2) is 6.40. The topological polar surface area (TPSA) is 30.0 Å². The number of fused-ring (bicyclic) bond motifs is 2. The quantitative estimate of drug-likeness (QED) is 0.526. The van der Waals surface area contributed by atoms with E-state index < -0.39 is 0 Å². The Morgan fingerprint density at radius 3 is 2.96 bits per heavy atom. The fraction of sp³-hybridized carbons (Fsp3) is 0.238. The van der Waals surface area contributed by atoms with Crippen LogP contribution in [0.1, 0.15) is 46.7 Å². The van der Waals surface area contributed by atoms with Crippen molar-refractivity contribution in [3.8, 4) is 0 Å². The molecule has 0 aliphatic heterocycles. The highest BCUT2D eigenvalue weighted by atomic mass is 32.1. The minimum Gasteiger partial charge on any atom is -0.294 e. The number of carbonyl (C=O) groups is 1. The van der Waals surface area contributed by atoms with Crippen molar-refractivity contribution in [3.63, 3.8) is 0 Å². The molecule has 3 aromatic rings. The lowest BCUT2D eigenvalue weighted by atomic mass is 9.79. The lowest BCUT2D eigenvalue weighted by molar-refractivity contribution is 0.0971. The van der Waals surface area contributed by atoms with Gasteiger partial charge < -0.3 is 0 Å². The van der Waals surface area contributed by atoms with E-state index in [0.29, 0.717) is 12.3 Å². The zero-order chi connectivity index (χ0) is 16.5. The average molecular weight is 333 g/mol. The van der Waals surface area contributed by atoms with Crippen molar-refractivity contribution in [3.05, 3.63) is 71.4 Å². The molecule has 0 spiro atoms. The van der Waals surface area contributed by atoms with Crippen LogP contribution in [0.2, 0.25) is 0 Å². The summed E-state index contributed by atoms with van der Waals surface area (Å²) in [6.07, 6.45) is 5.70. The fourth-order valence-corrected chi connectivity index (χ4v) is 4.07. The van der Waals surface area contributed by atoms with Crippen LogP contribution in [0.15, 0.2) is 59.6 Å². The third-order valence-electron chi connectivity index (χ3n) is 4.93. The van der Waals surface area contributed by atoms with E-state index in [0.717, 1.165) is 40.6 Å². The SMILES string of the molecule is O=C(CC1CCCc2ccccc21)c1cc(S)c2ncccc2c1. The largest absolute Gasteiger partial charge is 0.294 e. The Kier molecular flexibility index (Phi) is 4.11. The van der Waals surface area contributed by atoms with Gasteiger partial charge >= 0.3 is 0 Å². The number of thiol groups is 1. The first kappa shape index (κ1) is 15.4. The van der Waals surface area contributed by atoms with Gasteiger partial charge in [0.25, 0.3) is 0 Å². The predicted molar refractivity (Wildman–Crippen MR) is 100 cm³/mol. The molecule has 3 heteroatoms. The Labute approximate surface area is 147 Å². The second-order valence-electron chi connectivity index (χ2n) is 6.49. The molecule has 2 nitrogen and oxygen atoms in total. The van der Waals surface area contributed by atoms with Crippen molar-refractivity contribution < 1.29 is 4.79 Å². The minimum absolute atomic E-state index is 0.192. The molecule has 1 aliphatic rings. The van der Waals surface area contributed by atoms with Gasteiger partial charge in [0.05, 0.1) is 5.52 Å². The molecular formula is C21H19NOS. The van der Waals surface area contributed by atoms with Crippen LogP contribution in [-0.2, 0) is 6.42 Å². The van der Waals surface area contributed by atoms with Crippen molar-refractivity contribution in [2.75, 3.05) is 0 Å². The minimum atomic E-state index is 0.192. The van der Waals surface area contributed by atoms with Gasteiger partial charge in [0.15, 0.2) is 5.78 Å². The lowest BCUT2D eigenvalue weighted by Crippen LogP contribution is -2.14. The summed E-state index contributed by atoms with van der Waals surface area (Å²) in [6, 6.07) is 16.2. The smallest absolute Gasteiger partial charge is 0.163 e. The van der Waals surface area contributed by atoms with E-state index in [-0.39, 0.29) is 5.78 Å². The highest BCUT2D eigenvalue weighted by molar-refractivity contribution is 7.80. The van der Waals surface area contributed by atoms with E-state index in [1.54, 1.807) is 6.20 Å². The van der Waals surface area contributed by atoms with Crippen molar-refractivity contribution in [2.24, 2.45) is 0 Å². The maximum Gasteiger partial charge on any atom is 0.163 e. The molecule has 1 aromatic heterocycles. The van der Waals surface area contributed by atoms with Crippen LogP contribution < -0.4 is 0 Å². The van der Waals surface area contributed by atoms with Crippen LogP contribution in [0.5, 0.6) is 0 Å². The van der Waals surface area contributed by atoms with Crippen LogP contribution in [0.3, 0.4) is 0 Å². The van der Waals surface area contributed by atoms with Crippen LogP contribution >= 0.6 is 12.6 Å². The van der Waals surface area contributed by atoms with Gasteiger partial charge in [-0.2, -0.15) is 0 Å². The molecule has 2 aromatic carbocycles. The first-order valence-corrected chi connectivity index (χ1v) is 8.86. The Morgan fingerprint density at radius 1 is 1.17 bits per heavy atom. The van der Waals surface area contributed by atoms with Gasteiger partial charge in [0, 0.05) is 28.5 Å². The predicted octanol–water partition coefficient (Wildman–Crippen LogP) is 5.22. The molecule has 0 saturated carbocycles. The molecule has 1 atom stereocenters. The Bertz CT molecular complexity index is 919. The first-order valence-electron chi connectivity index (χ1n) is 8.41. The number of benzene rings is 2. The zero-order valence-corrected chi connectivity index (χ0v) is 14.3. The first-order chi connectivity index (χ1) is 11.7. The van der Waals surface area contributed by atoms with Gasteiger partial charge in [-0.25, -0.2) is 0 Å². The maximum atomic E-state index is 12.9. The molecule has 0 bridgehead atoms. The third-order valence-corrected chi connectivity index (χ3v) is 5.27. The number of carbonyl (C=O) groups excluding carboxylic acids is 1. The van der Waals surface area contributed by atoms with Crippen molar-refractivity contribution in [1.82, 2.24) is 4.98 Å². The summed E-state index contributed by atoms with van der Waals surface area (Å²) in [4.78, 5) is 18.0. The number of nitrogens with zero attached hydrogens (tertiary/aromatic N) is 1. The van der Waals surface area contributed by atoms with E-state index >= 15 is 0 Å². The van der Waals surface area contributed by atoms with Gasteiger partial charge in [0.1, 0.15) is 0 Å². The highest BCUT2D eigenvalue weighted by Crippen LogP contribution is 2.35. The van der Waals surface area contributed by atoms with E-state index in [9.17, 15) is 4.79 Å². The number of Topliss-reactive ketones (excluding diaryl/α,β-unsaturated/α-hetero) is 1. The van der Waals surface area contributed by atoms with Crippen molar-refractivity contribution >= 4 is 29.3 Å². The van der Waals surface area contributed by atoms with Crippen molar-refractivity contribution in [2.45, 2.75) is 36.5 Å². The Morgan fingerprint density at radius 2 is 2.04 bits per heavy atom. The molecule has 0 radical (unpaired) electrons. The summed E-state index contributed by atoms with van der Waals surface area (Å²) in [5.74, 6) is 0.521. The van der Waals surface area contributed by atoms with E-state index in [2.05, 4.69) is 41.9 Å². The highest BCUT2D eigenvalue weighted by Gasteiger charge is 2.23. The van der Waals surface area contributed by atoms with Crippen LogP contribution in [-0.4, -0.2) is 10.8 Å². The molecule has 0 saturated heterocycles. The second-order valence-corrected chi connectivity index (χ2v) is 6.97. The van der Waals surface area contributed by atoms with Crippen LogP contribution in [0.4, 0.5) is 0 Å². The van der Waals surface area contributed by atoms with Crippen molar-refractivity contribution in [1.29, 1.82) is 0 Å². The summed E-state index contributed by atoms with van der Waals surface area (Å²) in [6.45, 7) is 0. The molecule has 1 heterocycles. The lowest BCUT2D eigenvalue weighted by Gasteiger charge is -2.25. The molecule has 0 N–H and O–H groups in total. The number of hydrogen-bond acceptors (Lipinski definition) is 3. The molecule has 1 unspecified atom stereocenters. The summed E-state index contributed by atoms with van der Waals surface area (Å²) >= 11 is 4.51. The number of hydrogen-bond donors (Lipinski definition) is 1. The number of pyridine rings is 1. The van der Waals surface area contributed by atoms with Gasteiger partial charge in [-0.15, -0.1) is 12.6 Å².